The van der Waals surface area contributed by atoms with Gasteiger partial charge >= 0.3 is 0 Å². The summed E-state index contributed by atoms with van der Waals surface area (Å²) < 4.78 is 59.0. The Bertz CT molecular complexity index is 656. The van der Waals surface area contributed by atoms with Gasteiger partial charge < -0.3 is 9.84 Å². The van der Waals surface area contributed by atoms with Crippen molar-refractivity contribution < 1.29 is 27.0 Å². The fourth-order valence-electron chi connectivity index (χ4n) is 2.66. The molecule has 1 atom stereocenters. The second-order valence-corrected chi connectivity index (χ2v) is 8.17. The number of β-amino-alcohol motifs (C(OH)–C–C–N with tert-alkyl or cyclic N) is 1. The molecule has 25 heavy (non-hydrogen) atoms. The molecule has 142 valence electrons. The van der Waals surface area contributed by atoms with Crippen molar-refractivity contribution >= 4 is 10.0 Å². The zero-order valence-corrected chi connectivity index (χ0v) is 15.2. The van der Waals surface area contributed by atoms with Crippen LogP contribution in [-0.2, 0) is 14.8 Å². The summed E-state index contributed by atoms with van der Waals surface area (Å²) >= 11 is 0. The average molecular weight is 378 g/mol. The van der Waals surface area contributed by atoms with E-state index in [0.29, 0.717) is 19.6 Å². The Balaban J connectivity index is 1.95. The number of sulfonamides is 1. The Labute approximate surface area is 147 Å². The molecular formula is C16H24F2N2O4S. The van der Waals surface area contributed by atoms with Crippen molar-refractivity contribution in [2.75, 3.05) is 39.3 Å². The molecule has 6 nitrogen and oxygen atoms in total. The summed E-state index contributed by atoms with van der Waals surface area (Å²) in [5.41, 5.74) is 0. The van der Waals surface area contributed by atoms with Crippen LogP contribution in [0.25, 0.3) is 0 Å². The fraction of sp³-hybridized carbons (Fsp3) is 0.625. The lowest BCUT2D eigenvalue weighted by Gasteiger charge is -2.35. The standard InChI is InChI=1S/C16H24F2N2O4S/c1-12(2)24-11-13(21)10-19-6-8-20(9-7-19)25(22,23)16-14(17)4-3-5-15(16)18/h3-5,12-13,21H,6-11H2,1-2H3. The van der Waals surface area contributed by atoms with E-state index in [1.165, 1.54) is 0 Å². The highest BCUT2D eigenvalue weighted by atomic mass is 32.2. The molecule has 1 fully saturated rings. The van der Waals surface area contributed by atoms with Crippen LogP contribution in [0.4, 0.5) is 8.78 Å². The van der Waals surface area contributed by atoms with Crippen molar-refractivity contribution in [2.45, 2.75) is 31.0 Å². The van der Waals surface area contributed by atoms with E-state index in [4.69, 9.17) is 4.74 Å². The Morgan fingerprint density at radius 3 is 2.24 bits per heavy atom. The zero-order valence-electron chi connectivity index (χ0n) is 14.4. The maximum absolute atomic E-state index is 13.8. The van der Waals surface area contributed by atoms with Gasteiger partial charge in [-0.25, -0.2) is 17.2 Å². The van der Waals surface area contributed by atoms with Crippen LogP contribution >= 0.6 is 0 Å². The van der Waals surface area contributed by atoms with Gasteiger partial charge in [0.15, 0.2) is 4.90 Å². The predicted octanol–water partition coefficient (Wildman–Crippen LogP) is 1.06. The highest BCUT2D eigenvalue weighted by Crippen LogP contribution is 2.23. The molecule has 1 aromatic carbocycles. The van der Waals surface area contributed by atoms with E-state index in [1.807, 2.05) is 18.7 Å². The molecule has 0 aromatic heterocycles. The minimum Gasteiger partial charge on any atom is -0.389 e. The van der Waals surface area contributed by atoms with Crippen LogP contribution in [0.3, 0.4) is 0 Å². The first kappa shape index (κ1) is 20.2. The third-order valence-corrected chi connectivity index (χ3v) is 5.89. The van der Waals surface area contributed by atoms with Crippen molar-refractivity contribution in [3.8, 4) is 0 Å². The molecule has 0 bridgehead atoms. The Kier molecular flexibility index (Phi) is 6.86. The van der Waals surface area contributed by atoms with Gasteiger partial charge in [0.2, 0.25) is 10.0 Å². The predicted molar refractivity (Wildman–Crippen MR) is 88.7 cm³/mol. The van der Waals surface area contributed by atoms with Gasteiger partial charge in [0.25, 0.3) is 0 Å². The van der Waals surface area contributed by atoms with Gasteiger partial charge in [0.1, 0.15) is 11.6 Å². The third-order valence-electron chi connectivity index (χ3n) is 3.94. The van der Waals surface area contributed by atoms with Crippen molar-refractivity contribution in [1.82, 2.24) is 9.21 Å². The molecule has 0 spiro atoms. The molecule has 1 aromatic rings. The molecule has 9 heteroatoms. The second kappa shape index (κ2) is 8.50. The summed E-state index contributed by atoms with van der Waals surface area (Å²) in [5, 5.41) is 9.93. The van der Waals surface area contributed by atoms with Crippen molar-refractivity contribution in [3.05, 3.63) is 29.8 Å². The highest BCUT2D eigenvalue weighted by molar-refractivity contribution is 7.89. The largest absolute Gasteiger partial charge is 0.389 e. The third kappa shape index (κ3) is 5.18. The molecule has 0 saturated carbocycles. The Hall–Kier alpha value is -1.13. The topological polar surface area (TPSA) is 70.1 Å². The number of hydrogen-bond acceptors (Lipinski definition) is 5. The molecule has 2 rings (SSSR count). The van der Waals surface area contributed by atoms with Crippen LogP contribution < -0.4 is 0 Å². The van der Waals surface area contributed by atoms with Gasteiger partial charge in [0, 0.05) is 32.7 Å². The van der Waals surface area contributed by atoms with Crippen molar-refractivity contribution in [3.63, 3.8) is 0 Å². The van der Waals surface area contributed by atoms with Crippen molar-refractivity contribution in [1.29, 1.82) is 0 Å². The van der Waals surface area contributed by atoms with Crippen LogP contribution in [-0.4, -0.2) is 74.3 Å². The molecule has 0 amide bonds. The van der Waals surface area contributed by atoms with Crippen LogP contribution in [0.15, 0.2) is 23.1 Å². The van der Waals surface area contributed by atoms with E-state index in [9.17, 15) is 22.3 Å². The number of ether oxygens (including phenoxy) is 1. The Morgan fingerprint density at radius 1 is 1.16 bits per heavy atom. The number of benzene rings is 1. The van der Waals surface area contributed by atoms with Gasteiger partial charge in [-0.05, 0) is 26.0 Å². The number of halogens is 2. The molecule has 1 heterocycles. The summed E-state index contributed by atoms with van der Waals surface area (Å²) in [6, 6.07) is 2.98. The molecule has 0 radical (unpaired) electrons. The molecule has 1 N–H and O–H groups in total. The number of piperazine rings is 1. The van der Waals surface area contributed by atoms with Gasteiger partial charge in [0.05, 0.1) is 18.8 Å². The van der Waals surface area contributed by atoms with Gasteiger partial charge in [-0.15, -0.1) is 0 Å². The lowest BCUT2D eigenvalue weighted by atomic mass is 10.3. The summed E-state index contributed by atoms with van der Waals surface area (Å²) in [4.78, 5) is 0.992. The number of rotatable bonds is 7. The summed E-state index contributed by atoms with van der Waals surface area (Å²) in [6.07, 6.45) is -0.651. The highest BCUT2D eigenvalue weighted by Gasteiger charge is 2.33. The summed E-state index contributed by atoms with van der Waals surface area (Å²) in [7, 11) is -4.23. The molecule has 0 aliphatic carbocycles. The first-order chi connectivity index (χ1) is 11.7. The van der Waals surface area contributed by atoms with Crippen LogP contribution in [0.1, 0.15) is 13.8 Å². The second-order valence-electron chi connectivity index (χ2n) is 6.29. The summed E-state index contributed by atoms with van der Waals surface area (Å²) in [6.45, 7) is 5.26. The van der Waals surface area contributed by atoms with Gasteiger partial charge in [-0.2, -0.15) is 4.31 Å². The molecule has 1 unspecified atom stereocenters. The molecule has 1 aliphatic heterocycles. The average Bonchev–Trinajstić information content (AvgIpc) is 2.53. The van der Waals surface area contributed by atoms with Crippen LogP contribution in [0.5, 0.6) is 0 Å². The van der Waals surface area contributed by atoms with Crippen LogP contribution in [0.2, 0.25) is 0 Å². The van der Waals surface area contributed by atoms with Crippen LogP contribution in [0, 0.1) is 11.6 Å². The zero-order chi connectivity index (χ0) is 18.6. The molecular weight excluding hydrogens is 354 g/mol. The minimum absolute atomic E-state index is 0.0207. The molecule has 1 saturated heterocycles. The van der Waals surface area contributed by atoms with Crippen molar-refractivity contribution in [2.24, 2.45) is 0 Å². The smallest absolute Gasteiger partial charge is 0.249 e. The SMILES string of the molecule is CC(C)OCC(O)CN1CCN(S(=O)(=O)c2c(F)cccc2F)CC1. The first-order valence-corrected chi connectivity index (χ1v) is 9.62. The van der Waals surface area contributed by atoms with E-state index in [1.54, 1.807) is 0 Å². The summed E-state index contributed by atoms with van der Waals surface area (Å²) in [5.74, 6) is -2.19. The van der Waals surface area contributed by atoms with E-state index < -0.39 is 32.7 Å². The van der Waals surface area contributed by atoms with E-state index in [-0.39, 0.29) is 25.8 Å². The number of nitrogens with zero attached hydrogens (tertiary/aromatic N) is 2. The number of hydrogen-bond donors (Lipinski definition) is 1. The monoisotopic (exact) mass is 378 g/mol. The lowest BCUT2D eigenvalue weighted by Crippen LogP contribution is -2.51. The first-order valence-electron chi connectivity index (χ1n) is 8.18. The van der Waals surface area contributed by atoms with Gasteiger partial charge in [-0.3, -0.25) is 4.90 Å². The number of aliphatic hydroxyl groups excluding tert-OH is 1. The van der Waals surface area contributed by atoms with E-state index in [2.05, 4.69) is 0 Å². The quantitative estimate of drug-likeness (QED) is 0.768. The maximum atomic E-state index is 13.8. The van der Waals surface area contributed by atoms with E-state index in [0.717, 1.165) is 22.5 Å². The normalized spacial score (nSPS) is 18.6. The Morgan fingerprint density at radius 2 is 1.72 bits per heavy atom. The minimum atomic E-state index is -4.23. The fourth-order valence-corrected chi connectivity index (χ4v) is 4.20. The number of aliphatic hydroxyl groups is 1. The lowest BCUT2D eigenvalue weighted by molar-refractivity contribution is -0.0117. The van der Waals surface area contributed by atoms with E-state index >= 15 is 0 Å². The molecule has 1 aliphatic rings. The van der Waals surface area contributed by atoms with Gasteiger partial charge in [-0.1, -0.05) is 6.07 Å². The maximum Gasteiger partial charge on any atom is 0.249 e.